The molecule has 1 rings (SSSR count). The lowest BCUT2D eigenvalue weighted by Gasteiger charge is -2.15. The van der Waals surface area contributed by atoms with Crippen LogP contribution >= 0.6 is 0 Å². The number of rotatable bonds is 2. The molecular formula is C8H9O3S-. The lowest BCUT2D eigenvalue weighted by Crippen LogP contribution is -2.08. The van der Waals surface area contributed by atoms with Gasteiger partial charge in [0, 0.05) is 0 Å². The molecule has 0 aliphatic heterocycles. The van der Waals surface area contributed by atoms with Gasteiger partial charge in [0.05, 0.1) is 5.25 Å². The van der Waals surface area contributed by atoms with E-state index in [1.807, 2.05) is 0 Å². The standard InChI is InChI=1S/C8H10O3S/c1-7(12(9,10)11)8-5-3-2-4-6-8/h2-7H,1H3,(H,9,10,11)/p-1. The normalized spacial score (nSPS) is 14.2. The Bertz CT molecular complexity index is 342. The maximum Gasteiger partial charge on any atom is 0.101 e. The molecule has 4 heteroatoms. The average Bonchev–Trinajstić information content (AvgIpc) is 2.03. The van der Waals surface area contributed by atoms with Gasteiger partial charge in [0.2, 0.25) is 0 Å². The Kier molecular flexibility index (Phi) is 2.49. The third-order valence-electron chi connectivity index (χ3n) is 1.70. The van der Waals surface area contributed by atoms with Gasteiger partial charge >= 0.3 is 0 Å². The van der Waals surface area contributed by atoms with Crippen LogP contribution in [0.5, 0.6) is 0 Å². The molecule has 0 heterocycles. The molecule has 1 atom stereocenters. The van der Waals surface area contributed by atoms with Crippen LogP contribution in [0.15, 0.2) is 30.3 Å². The van der Waals surface area contributed by atoms with E-state index in [0.29, 0.717) is 5.56 Å². The summed E-state index contributed by atoms with van der Waals surface area (Å²) in [4.78, 5) is 0. The zero-order valence-electron chi connectivity index (χ0n) is 6.60. The monoisotopic (exact) mass is 185 g/mol. The highest BCUT2D eigenvalue weighted by Gasteiger charge is 2.10. The van der Waals surface area contributed by atoms with E-state index in [1.165, 1.54) is 6.92 Å². The van der Waals surface area contributed by atoms with Gasteiger partial charge in [0.1, 0.15) is 10.1 Å². The molecule has 0 saturated heterocycles. The van der Waals surface area contributed by atoms with Crippen molar-refractivity contribution in [1.29, 1.82) is 0 Å². The Morgan fingerprint density at radius 2 is 1.75 bits per heavy atom. The molecule has 12 heavy (non-hydrogen) atoms. The molecule has 1 unspecified atom stereocenters. The summed E-state index contributed by atoms with van der Waals surface area (Å²) >= 11 is 0. The topological polar surface area (TPSA) is 57.2 Å². The van der Waals surface area contributed by atoms with E-state index in [9.17, 15) is 13.0 Å². The van der Waals surface area contributed by atoms with Crippen molar-refractivity contribution in [2.45, 2.75) is 12.2 Å². The lowest BCUT2D eigenvalue weighted by atomic mass is 10.2. The minimum atomic E-state index is -4.21. The van der Waals surface area contributed by atoms with Crippen LogP contribution in [0.3, 0.4) is 0 Å². The van der Waals surface area contributed by atoms with Crippen molar-refractivity contribution in [1.82, 2.24) is 0 Å². The maximum absolute atomic E-state index is 10.6. The molecule has 0 aliphatic carbocycles. The first-order chi connectivity index (χ1) is 5.52. The van der Waals surface area contributed by atoms with Crippen molar-refractivity contribution in [3.63, 3.8) is 0 Å². The second kappa shape index (κ2) is 3.25. The smallest absolute Gasteiger partial charge is 0.101 e. The molecule has 0 fully saturated rings. The minimum absolute atomic E-state index is 0.535. The van der Waals surface area contributed by atoms with Crippen molar-refractivity contribution >= 4 is 10.1 Å². The molecule has 0 N–H and O–H groups in total. The summed E-state index contributed by atoms with van der Waals surface area (Å²) in [5.41, 5.74) is 0.535. The third kappa shape index (κ3) is 2.06. The van der Waals surface area contributed by atoms with Crippen LogP contribution < -0.4 is 0 Å². The number of hydrogen-bond acceptors (Lipinski definition) is 3. The summed E-state index contributed by atoms with van der Waals surface area (Å²) in [6.45, 7) is 1.39. The minimum Gasteiger partial charge on any atom is -0.747 e. The van der Waals surface area contributed by atoms with Crippen LogP contribution in [0.1, 0.15) is 17.7 Å². The highest BCUT2D eigenvalue weighted by molar-refractivity contribution is 7.85. The van der Waals surface area contributed by atoms with Crippen LogP contribution in [-0.4, -0.2) is 13.0 Å². The zero-order valence-corrected chi connectivity index (χ0v) is 7.41. The number of hydrogen-bond donors (Lipinski definition) is 0. The fourth-order valence-corrected chi connectivity index (χ4v) is 1.38. The largest absolute Gasteiger partial charge is 0.747 e. The summed E-state index contributed by atoms with van der Waals surface area (Å²) < 4.78 is 31.7. The van der Waals surface area contributed by atoms with Gasteiger partial charge in [0.15, 0.2) is 0 Å². The summed E-state index contributed by atoms with van der Waals surface area (Å²) in [5, 5.41) is -0.960. The SMILES string of the molecule is CC(c1ccccc1)S(=O)(=O)[O-]. The molecule has 1 aromatic rings. The van der Waals surface area contributed by atoms with Crippen molar-refractivity contribution < 1.29 is 13.0 Å². The summed E-state index contributed by atoms with van der Waals surface area (Å²) in [7, 11) is -4.21. The Balaban J connectivity index is 3.02. The lowest BCUT2D eigenvalue weighted by molar-refractivity contribution is 0.452. The highest BCUT2D eigenvalue weighted by atomic mass is 32.2. The number of benzene rings is 1. The highest BCUT2D eigenvalue weighted by Crippen LogP contribution is 2.19. The van der Waals surface area contributed by atoms with E-state index in [1.54, 1.807) is 30.3 Å². The van der Waals surface area contributed by atoms with E-state index >= 15 is 0 Å². The first-order valence-electron chi connectivity index (χ1n) is 3.51. The van der Waals surface area contributed by atoms with Gasteiger partial charge in [-0.2, -0.15) is 0 Å². The maximum atomic E-state index is 10.6. The van der Waals surface area contributed by atoms with Crippen molar-refractivity contribution in [2.24, 2.45) is 0 Å². The third-order valence-corrected chi connectivity index (χ3v) is 2.84. The first kappa shape index (κ1) is 9.22. The van der Waals surface area contributed by atoms with Gasteiger partial charge in [-0.05, 0) is 12.5 Å². The summed E-state index contributed by atoms with van der Waals surface area (Å²) in [6, 6.07) is 8.43. The average molecular weight is 185 g/mol. The van der Waals surface area contributed by atoms with Crippen LogP contribution in [0, 0.1) is 0 Å². The fraction of sp³-hybridized carbons (Fsp3) is 0.250. The molecule has 0 bridgehead atoms. The zero-order chi connectivity index (χ0) is 9.19. The van der Waals surface area contributed by atoms with Crippen LogP contribution in [0.25, 0.3) is 0 Å². The Morgan fingerprint density at radius 1 is 1.25 bits per heavy atom. The van der Waals surface area contributed by atoms with Crippen molar-refractivity contribution in [3.8, 4) is 0 Å². The van der Waals surface area contributed by atoms with Gasteiger partial charge < -0.3 is 4.55 Å². The first-order valence-corrected chi connectivity index (χ1v) is 4.98. The van der Waals surface area contributed by atoms with Crippen molar-refractivity contribution in [2.75, 3.05) is 0 Å². The van der Waals surface area contributed by atoms with Gasteiger partial charge in [-0.3, -0.25) is 0 Å². The molecule has 0 spiro atoms. The van der Waals surface area contributed by atoms with E-state index in [-0.39, 0.29) is 0 Å². The fourth-order valence-electron chi connectivity index (χ4n) is 0.891. The molecule has 0 aliphatic rings. The molecule has 66 valence electrons. The van der Waals surface area contributed by atoms with E-state index in [0.717, 1.165) is 0 Å². The molecule has 3 nitrogen and oxygen atoms in total. The van der Waals surface area contributed by atoms with Crippen LogP contribution in [0.2, 0.25) is 0 Å². The Hall–Kier alpha value is -0.870. The van der Waals surface area contributed by atoms with Crippen molar-refractivity contribution in [3.05, 3.63) is 35.9 Å². The molecule has 0 radical (unpaired) electrons. The van der Waals surface area contributed by atoms with Crippen LogP contribution in [-0.2, 0) is 10.1 Å². The molecule has 0 saturated carbocycles. The molecular weight excluding hydrogens is 176 g/mol. The predicted molar refractivity (Wildman–Crippen MR) is 44.6 cm³/mol. The second-order valence-corrected chi connectivity index (χ2v) is 4.24. The van der Waals surface area contributed by atoms with Gasteiger partial charge in [-0.25, -0.2) is 8.42 Å². The van der Waals surface area contributed by atoms with E-state index in [2.05, 4.69) is 0 Å². The predicted octanol–water partition coefficient (Wildman–Crippen LogP) is 1.29. The Morgan fingerprint density at radius 3 is 2.17 bits per heavy atom. The van der Waals surface area contributed by atoms with Gasteiger partial charge in [-0.15, -0.1) is 0 Å². The quantitative estimate of drug-likeness (QED) is 0.652. The van der Waals surface area contributed by atoms with Gasteiger partial charge in [0.25, 0.3) is 0 Å². The summed E-state index contributed by atoms with van der Waals surface area (Å²) in [5.74, 6) is 0. The van der Waals surface area contributed by atoms with E-state index in [4.69, 9.17) is 0 Å². The molecule has 0 amide bonds. The molecule has 1 aromatic carbocycles. The Labute approximate surface area is 71.8 Å². The van der Waals surface area contributed by atoms with E-state index < -0.39 is 15.4 Å². The second-order valence-electron chi connectivity index (χ2n) is 2.55. The van der Waals surface area contributed by atoms with Gasteiger partial charge in [-0.1, -0.05) is 30.3 Å². The molecule has 0 aromatic heterocycles. The van der Waals surface area contributed by atoms with Crippen LogP contribution in [0.4, 0.5) is 0 Å². The summed E-state index contributed by atoms with van der Waals surface area (Å²) in [6.07, 6.45) is 0.